The molecule has 23 heavy (non-hydrogen) atoms. The fourth-order valence-corrected chi connectivity index (χ4v) is 2.10. The summed E-state index contributed by atoms with van der Waals surface area (Å²) in [7, 11) is 1.58. The van der Waals surface area contributed by atoms with E-state index in [-0.39, 0.29) is 0 Å². The van der Waals surface area contributed by atoms with E-state index in [1.165, 1.54) is 5.56 Å². The second-order valence-corrected chi connectivity index (χ2v) is 5.39. The van der Waals surface area contributed by atoms with E-state index in [9.17, 15) is 0 Å². The minimum Gasteiger partial charge on any atom is -0.497 e. The molecule has 0 fully saturated rings. The van der Waals surface area contributed by atoms with Crippen LogP contribution in [0.3, 0.4) is 0 Å². The molecule has 0 aliphatic rings. The molecule has 0 bridgehead atoms. The van der Waals surface area contributed by atoms with Crippen LogP contribution >= 0.6 is 0 Å². The summed E-state index contributed by atoms with van der Waals surface area (Å²) in [6, 6.07) is 15.3. The largest absolute Gasteiger partial charge is 0.497 e. The van der Waals surface area contributed by atoms with Gasteiger partial charge in [-0.3, -0.25) is 0 Å². The SMILES string of the molecule is COc1ccc(C#N)c(OCCOc2ccc(C(C)C)cc2)c1. The third-order valence-electron chi connectivity index (χ3n) is 3.47. The van der Waals surface area contributed by atoms with E-state index in [0.29, 0.717) is 36.2 Å². The summed E-state index contributed by atoms with van der Waals surface area (Å²) in [5, 5.41) is 9.09. The molecule has 0 heterocycles. The van der Waals surface area contributed by atoms with Gasteiger partial charge in [0.25, 0.3) is 0 Å². The summed E-state index contributed by atoms with van der Waals surface area (Å²) >= 11 is 0. The molecule has 0 radical (unpaired) electrons. The van der Waals surface area contributed by atoms with Crippen molar-refractivity contribution in [1.29, 1.82) is 5.26 Å². The molecule has 2 rings (SSSR count). The molecule has 0 amide bonds. The molecule has 4 heteroatoms. The Morgan fingerprint density at radius 3 is 2.22 bits per heavy atom. The van der Waals surface area contributed by atoms with E-state index < -0.39 is 0 Å². The van der Waals surface area contributed by atoms with Crippen LogP contribution in [0.15, 0.2) is 42.5 Å². The molecule has 0 aliphatic carbocycles. The predicted octanol–water partition coefficient (Wildman–Crippen LogP) is 4.15. The van der Waals surface area contributed by atoms with Gasteiger partial charge in [-0.1, -0.05) is 26.0 Å². The summed E-state index contributed by atoms with van der Waals surface area (Å²) in [6.07, 6.45) is 0. The van der Waals surface area contributed by atoms with Crippen molar-refractivity contribution in [3.63, 3.8) is 0 Å². The average Bonchev–Trinajstić information content (AvgIpc) is 2.58. The lowest BCUT2D eigenvalue weighted by Crippen LogP contribution is -2.09. The number of hydrogen-bond donors (Lipinski definition) is 0. The highest BCUT2D eigenvalue weighted by molar-refractivity contribution is 5.47. The van der Waals surface area contributed by atoms with Crippen LogP contribution in [-0.4, -0.2) is 20.3 Å². The Kier molecular flexibility index (Phi) is 5.87. The van der Waals surface area contributed by atoms with Crippen molar-refractivity contribution in [3.05, 3.63) is 53.6 Å². The standard InChI is InChI=1S/C19H21NO3/c1-14(2)15-4-7-17(8-5-15)22-10-11-23-19-12-18(21-3)9-6-16(19)13-20/h4-9,12,14H,10-11H2,1-3H3. The van der Waals surface area contributed by atoms with Gasteiger partial charge in [0, 0.05) is 6.07 Å². The molecule has 0 saturated heterocycles. The van der Waals surface area contributed by atoms with E-state index in [1.54, 1.807) is 25.3 Å². The maximum absolute atomic E-state index is 9.09. The molecule has 0 N–H and O–H groups in total. The first-order valence-corrected chi connectivity index (χ1v) is 7.57. The molecule has 0 aliphatic heterocycles. The van der Waals surface area contributed by atoms with Gasteiger partial charge in [0.1, 0.15) is 36.5 Å². The normalized spacial score (nSPS) is 10.2. The quantitative estimate of drug-likeness (QED) is 0.721. The lowest BCUT2D eigenvalue weighted by molar-refractivity contribution is 0.216. The minimum atomic E-state index is 0.355. The highest BCUT2D eigenvalue weighted by Gasteiger charge is 2.05. The van der Waals surface area contributed by atoms with Gasteiger partial charge in [0.2, 0.25) is 0 Å². The van der Waals surface area contributed by atoms with Gasteiger partial charge in [0.05, 0.1) is 12.7 Å². The zero-order chi connectivity index (χ0) is 16.7. The first-order valence-electron chi connectivity index (χ1n) is 7.57. The average molecular weight is 311 g/mol. The molecular formula is C19H21NO3. The van der Waals surface area contributed by atoms with Gasteiger partial charge in [-0.25, -0.2) is 0 Å². The number of rotatable bonds is 7. The Labute approximate surface area is 137 Å². The fourth-order valence-electron chi connectivity index (χ4n) is 2.10. The monoisotopic (exact) mass is 311 g/mol. The molecule has 4 nitrogen and oxygen atoms in total. The lowest BCUT2D eigenvalue weighted by atomic mass is 10.0. The van der Waals surface area contributed by atoms with Crippen molar-refractivity contribution in [2.45, 2.75) is 19.8 Å². The third kappa shape index (κ3) is 4.65. The Hall–Kier alpha value is -2.67. The van der Waals surface area contributed by atoms with Gasteiger partial charge in [-0.15, -0.1) is 0 Å². The number of nitrogens with zero attached hydrogens (tertiary/aromatic N) is 1. The van der Waals surface area contributed by atoms with Gasteiger partial charge >= 0.3 is 0 Å². The lowest BCUT2D eigenvalue weighted by Gasteiger charge is -2.11. The number of nitriles is 1. The second kappa shape index (κ2) is 8.09. The maximum atomic E-state index is 9.09. The van der Waals surface area contributed by atoms with Crippen LogP contribution in [0.2, 0.25) is 0 Å². The van der Waals surface area contributed by atoms with Crippen LogP contribution < -0.4 is 14.2 Å². The molecular weight excluding hydrogens is 290 g/mol. The third-order valence-corrected chi connectivity index (χ3v) is 3.47. The van der Waals surface area contributed by atoms with E-state index in [0.717, 1.165) is 5.75 Å². The highest BCUT2D eigenvalue weighted by atomic mass is 16.5. The number of methoxy groups -OCH3 is 1. The smallest absolute Gasteiger partial charge is 0.140 e. The Bertz CT molecular complexity index is 672. The predicted molar refractivity (Wildman–Crippen MR) is 89.2 cm³/mol. The van der Waals surface area contributed by atoms with Crippen molar-refractivity contribution >= 4 is 0 Å². The maximum Gasteiger partial charge on any atom is 0.140 e. The van der Waals surface area contributed by atoms with Gasteiger partial charge in [0.15, 0.2) is 0 Å². The van der Waals surface area contributed by atoms with Crippen molar-refractivity contribution < 1.29 is 14.2 Å². The van der Waals surface area contributed by atoms with Crippen LogP contribution in [0, 0.1) is 11.3 Å². The van der Waals surface area contributed by atoms with Gasteiger partial charge in [-0.2, -0.15) is 5.26 Å². The molecule has 0 aromatic heterocycles. The van der Waals surface area contributed by atoms with Gasteiger partial charge < -0.3 is 14.2 Å². The Morgan fingerprint density at radius 1 is 0.957 bits per heavy atom. The molecule has 0 saturated carbocycles. The van der Waals surface area contributed by atoms with Crippen LogP contribution in [0.1, 0.15) is 30.9 Å². The Balaban J connectivity index is 1.87. The van der Waals surface area contributed by atoms with E-state index in [4.69, 9.17) is 19.5 Å². The van der Waals surface area contributed by atoms with Crippen LogP contribution in [-0.2, 0) is 0 Å². The Morgan fingerprint density at radius 2 is 1.61 bits per heavy atom. The van der Waals surface area contributed by atoms with E-state index >= 15 is 0 Å². The molecule has 120 valence electrons. The first-order chi connectivity index (χ1) is 11.1. The van der Waals surface area contributed by atoms with E-state index in [2.05, 4.69) is 32.0 Å². The number of hydrogen-bond acceptors (Lipinski definition) is 4. The molecule has 2 aromatic rings. The van der Waals surface area contributed by atoms with Crippen molar-refractivity contribution in [1.82, 2.24) is 0 Å². The van der Waals surface area contributed by atoms with E-state index in [1.807, 2.05) is 12.1 Å². The van der Waals surface area contributed by atoms with Crippen molar-refractivity contribution in [3.8, 4) is 23.3 Å². The second-order valence-electron chi connectivity index (χ2n) is 5.39. The molecule has 2 aromatic carbocycles. The highest BCUT2D eigenvalue weighted by Crippen LogP contribution is 2.24. The summed E-state index contributed by atoms with van der Waals surface area (Å²) < 4.78 is 16.4. The van der Waals surface area contributed by atoms with Crippen molar-refractivity contribution in [2.75, 3.05) is 20.3 Å². The molecule has 0 atom stereocenters. The fraction of sp³-hybridized carbons (Fsp3) is 0.316. The van der Waals surface area contributed by atoms with Crippen molar-refractivity contribution in [2.24, 2.45) is 0 Å². The zero-order valence-corrected chi connectivity index (χ0v) is 13.7. The van der Waals surface area contributed by atoms with Crippen LogP contribution in [0.5, 0.6) is 17.2 Å². The van der Waals surface area contributed by atoms with Crippen LogP contribution in [0.4, 0.5) is 0 Å². The summed E-state index contributed by atoms with van der Waals surface area (Å²) in [5.41, 5.74) is 1.76. The zero-order valence-electron chi connectivity index (χ0n) is 13.7. The summed E-state index contributed by atoms with van der Waals surface area (Å²) in [5.74, 6) is 2.48. The molecule has 0 spiro atoms. The van der Waals surface area contributed by atoms with Gasteiger partial charge in [-0.05, 0) is 35.7 Å². The first kappa shape index (κ1) is 16.7. The summed E-state index contributed by atoms with van der Waals surface area (Å²) in [4.78, 5) is 0. The minimum absolute atomic E-state index is 0.355. The summed E-state index contributed by atoms with van der Waals surface area (Å²) in [6.45, 7) is 5.08. The topological polar surface area (TPSA) is 51.5 Å². The molecule has 0 unspecified atom stereocenters. The number of ether oxygens (including phenoxy) is 3. The number of benzene rings is 2. The van der Waals surface area contributed by atoms with Crippen LogP contribution in [0.25, 0.3) is 0 Å².